The molecule has 3 rings (SSSR count). The summed E-state index contributed by atoms with van der Waals surface area (Å²) in [7, 11) is -0.271. The fourth-order valence-corrected chi connectivity index (χ4v) is 4.27. The zero-order chi connectivity index (χ0) is 24.4. The third-order valence-electron chi connectivity index (χ3n) is 5.63. The van der Waals surface area contributed by atoms with Crippen LogP contribution in [0.5, 0.6) is 17.2 Å². The van der Waals surface area contributed by atoms with Crippen LogP contribution in [0.25, 0.3) is 0 Å². The predicted molar refractivity (Wildman–Crippen MR) is 128 cm³/mol. The highest BCUT2D eigenvalue weighted by Gasteiger charge is 2.36. The van der Waals surface area contributed by atoms with E-state index in [1.165, 1.54) is 11.4 Å². The van der Waals surface area contributed by atoms with Crippen molar-refractivity contribution in [2.24, 2.45) is 0 Å². The van der Waals surface area contributed by atoms with Gasteiger partial charge in [-0.1, -0.05) is 6.92 Å². The van der Waals surface area contributed by atoms with Crippen LogP contribution >= 0.6 is 0 Å². The summed E-state index contributed by atoms with van der Waals surface area (Å²) in [5.41, 5.74) is 0.951. The number of methoxy groups -OCH3 is 1. The molecule has 1 amide bonds. The zero-order valence-corrected chi connectivity index (χ0v) is 20.7. The van der Waals surface area contributed by atoms with Crippen molar-refractivity contribution in [1.82, 2.24) is 5.32 Å². The van der Waals surface area contributed by atoms with E-state index in [0.29, 0.717) is 35.8 Å². The molecule has 1 heterocycles. The van der Waals surface area contributed by atoms with E-state index in [9.17, 15) is 13.2 Å². The van der Waals surface area contributed by atoms with Crippen LogP contribution in [0.15, 0.2) is 42.5 Å². The summed E-state index contributed by atoms with van der Waals surface area (Å²) in [5.74, 6) is 1.64. The molecule has 2 aromatic rings. The van der Waals surface area contributed by atoms with Gasteiger partial charge in [-0.15, -0.1) is 0 Å². The standard InChI is InChI=1S/C24H32N2O6S/c1-7-21(31-17-10-8-16(9-11-17)26(4)33(6,28)29)23(27)25-20-15-24(2,3)32-22-14-18(30-5)12-13-19(20)22/h8-14,20-21H,7,15H2,1-6H3,(H,25,27)/t20-,21+/m0/s1. The highest BCUT2D eigenvalue weighted by Crippen LogP contribution is 2.41. The van der Waals surface area contributed by atoms with Crippen molar-refractivity contribution in [2.75, 3.05) is 24.7 Å². The number of carbonyl (C=O) groups excluding carboxylic acids is 1. The van der Waals surface area contributed by atoms with E-state index in [-0.39, 0.29) is 11.9 Å². The van der Waals surface area contributed by atoms with E-state index in [2.05, 4.69) is 5.32 Å². The molecule has 2 aromatic carbocycles. The minimum Gasteiger partial charge on any atom is -0.497 e. The number of anilines is 1. The molecule has 180 valence electrons. The molecule has 0 unspecified atom stereocenters. The molecular formula is C24H32N2O6S. The van der Waals surface area contributed by atoms with Gasteiger partial charge in [-0.05, 0) is 56.7 Å². The molecule has 0 saturated carbocycles. The Hall–Kier alpha value is -2.94. The second kappa shape index (κ2) is 9.51. The predicted octanol–water partition coefficient (Wildman–Crippen LogP) is 3.67. The summed E-state index contributed by atoms with van der Waals surface area (Å²) < 4.78 is 41.9. The van der Waals surface area contributed by atoms with Crippen LogP contribution in [0.3, 0.4) is 0 Å². The summed E-state index contributed by atoms with van der Waals surface area (Å²) >= 11 is 0. The van der Waals surface area contributed by atoms with Crippen LogP contribution in [0.1, 0.15) is 45.2 Å². The minimum atomic E-state index is -3.35. The number of ether oxygens (including phenoxy) is 3. The molecule has 0 aromatic heterocycles. The molecule has 1 N–H and O–H groups in total. The molecule has 2 atom stereocenters. The van der Waals surface area contributed by atoms with Crippen molar-refractivity contribution in [3.8, 4) is 17.2 Å². The Balaban J connectivity index is 1.74. The monoisotopic (exact) mass is 476 g/mol. The van der Waals surface area contributed by atoms with Crippen molar-refractivity contribution >= 4 is 21.6 Å². The first kappa shape index (κ1) is 24.7. The van der Waals surface area contributed by atoms with Crippen LogP contribution in [0, 0.1) is 0 Å². The Labute approximate surface area is 195 Å². The van der Waals surface area contributed by atoms with Crippen molar-refractivity contribution in [2.45, 2.75) is 51.4 Å². The van der Waals surface area contributed by atoms with Gasteiger partial charge in [0.1, 0.15) is 22.8 Å². The van der Waals surface area contributed by atoms with Gasteiger partial charge in [0.2, 0.25) is 10.0 Å². The first-order valence-corrected chi connectivity index (χ1v) is 12.7. The number of hydrogen-bond acceptors (Lipinski definition) is 6. The van der Waals surface area contributed by atoms with Gasteiger partial charge in [0.05, 0.1) is 25.1 Å². The lowest BCUT2D eigenvalue weighted by Gasteiger charge is -2.38. The lowest BCUT2D eigenvalue weighted by molar-refractivity contribution is -0.129. The van der Waals surface area contributed by atoms with E-state index >= 15 is 0 Å². The van der Waals surface area contributed by atoms with Crippen molar-refractivity contribution in [3.05, 3.63) is 48.0 Å². The summed E-state index contributed by atoms with van der Waals surface area (Å²) in [6, 6.07) is 12.0. The van der Waals surface area contributed by atoms with Gasteiger partial charge in [-0.2, -0.15) is 0 Å². The molecule has 9 heteroatoms. The number of nitrogens with zero attached hydrogens (tertiary/aromatic N) is 1. The fourth-order valence-electron chi connectivity index (χ4n) is 3.76. The summed E-state index contributed by atoms with van der Waals surface area (Å²) in [6.45, 7) is 5.84. The fraction of sp³-hybridized carbons (Fsp3) is 0.458. The Kier molecular flexibility index (Phi) is 7.11. The number of nitrogens with one attached hydrogen (secondary N) is 1. The quantitative estimate of drug-likeness (QED) is 0.625. The highest BCUT2D eigenvalue weighted by molar-refractivity contribution is 7.92. The molecule has 1 aliphatic heterocycles. The topological polar surface area (TPSA) is 94.2 Å². The Morgan fingerprint density at radius 3 is 2.42 bits per heavy atom. The molecule has 8 nitrogen and oxygen atoms in total. The molecule has 0 fully saturated rings. The molecule has 33 heavy (non-hydrogen) atoms. The summed E-state index contributed by atoms with van der Waals surface area (Å²) in [5, 5.41) is 3.12. The van der Waals surface area contributed by atoms with Gasteiger partial charge in [0.15, 0.2) is 6.10 Å². The maximum atomic E-state index is 13.1. The largest absolute Gasteiger partial charge is 0.497 e. The molecule has 1 aliphatic rings. The number of sulfonamides is 1. The number of benzene rings is 2. The molecule has 0 aliphatic carbocycles. The minimum absolute atomic E-state index is 0.223. The molecule has 0 bridgehead atoms. The normalized spacial score (nSPS) is 17.8. The third-order valence-corrected chi connectivity index (χ3v) is 6.84. The first-order valence-electron chi connectivity index (χ1n) is 10.8. The first-order chi connectivity index (χ1) is 15.4. The summed E-state index contributed by atoms with van der Waals surface area (Å²) in [4.78, 5) is 13.1. The van der Waals surface area contributed by atoms with E-state index in [1.54, 1.807) is 31.4 Å². The van der Waals surface area contributed by atoms with Crippen molar-refractivity contribution in [1.29, 1.82) is 0 Å². The Morgan fingerprint density at radius 1 is 1.21 bits per heavy atom. The maximum absolute atomic E-state index is 13.1. The third kappa shape index (κ3) is 5.90. The second-order valence-corrected chi connectivity index (χ2v) is 10.8. The number of hydrogen-bond donors (Lipinski definition) is 1. The van der Waals surface area contributed by atoms with Crippen LogP contribution < -0.4 is 23.8 Å². The van der Waals surface area contributed by atoms with Gasteiger partial charge in [-0.3, -0.25) is 9.10 Å². The second-order valence-electron chi connectivity index (χ2n) is 8.77. The van der Waals surface area contributed by atoms with Crippen LogP contribution in [-0.4, -0.2) is 46.4 Å². The van der Waals surface area contributed by atoms with E-state index in [0.717, 1.165) is 11.8 Å². The van der Waals surface area contributed by atoms with Gasteiger partial charge in [0, 0.05) is 25.1 Å². The summed E-state index contributed by atoms with van der Waals surface area (Å²) in [6.07, 6.45) is 1.52. The Morgan fingerprint density at radius 2 is 1.85 bits per heavy atom. The van der Waals surface area contributed by atoms with Crippen LogP contribution in [-0.2, 0) is 14.8 Å². The highest BCUT2D eigenvalue weighted by atomic mass is 32.2. The SMILES string of the molecule is CC[C@@H](Oc1ccc(N(C)S(C)(=O)=O)cc1)C(=O)N[C@H]1CC(C)(C)Oc2cc(OC)ccc21. The molecule has 0 saturated heterocycles. The number of carbonyl (C=O) groups is 1. The average molecular weight is 477 g/mol. The number of rotatable bonds is 8. The van der Waals surface area contributed by atoms with Gasteiger partial charge >= 0.3 is 0 Å². The van der Waals surface area contributed by atoms with E-state index < -0.39 is 21.7 Å². The molecule has 0 spiro atoms. The van der Waals surface area contributed by atoms with Gasteiger partial charge in [0.25, 0.3) is 5.91 Å². The maximum Gasteiger partial charge on any atom is 0.261 e. The van der Waals surface area contributed by atoms with E-state index in [1.807, 2.05) is 39.0 Å². The van der Waals surface area contributed by atoms with E-state index in [4.69, 9.17) is 14.2 Å². The lowest BCUT2D eigenvalue weighted by Crippen LogP contribution is -2.45. The van der Waals surface area contributed by atoms with Crippen molar-refractivity contribution < 1.29 is 27.4 Å². The number of fused-ring (bicyclic) bond motifs is 1. The average Bonchev–Trinajstić information content (AvgIpc) is 2.75. The molecular weight excluding hydrogens is 444 g/mol. The van der Waals surface area contributed by atoms with Gasteiger partial charge in [-0.25, -0.2) is 8.42 Å². The lowest BCUT2D eigenvalue weighted by atomic mass is 9.89. The van der Waals surface area contributed by atoms with Crippen LogP contribution in [0.2, 0.25) is 0 Å². The zero-order valence-electron chi connectivity index (χ0n) is 19.9. The van der Waals surface area contributed by atoms with Crippen LogP contribution in [0.4, 0.5) is 5.69 Å². The van der Waals surface area contributed by atoms with Crippen molar-refractivity contribution in [3.63, 3.8) is 0 Å². The molecule has 0 radical (unpaired) electrons. The Bertz CT molecular complexity index is 1100. The van der Waals surface area contributed by atoms with Gasteiger partial charge < -0.3 is 19.5 Å². The smallest absolute Gasteiger partial charge is 0.261 e. The number of amides is 1.